The van der Waals surface area contributed by atoms with Crippen molar-refractivity contribution in [3.63, 3.8) is 0 Å². The van der Waals surface area contributed by atoms with E-state index in [-0.39, 0.29) is 10.7 Å². The first-order chi connectivity index (χ1) is 17.3. The van der Waals surface area contributed by atoms with Gasteiger partial charge in [0.2, 0.25) is 0 Å². The average Bonchev–Trinajstić information content (AvgIpc) is 3.34. The highest BCUT2D eigenvalue weighted by Gasteiger charge is 2.20. The van der Waals surface area contributed by atoms with Gasteiger partial charge in [0.25, 0.3) is 0 Å². The number of rotatable bonds is 8. The molecule has 3 heterocycles. The van der Waals surface area contributed by atoms with Crippen molar-refractivity contribution in [3.05, 3.63) is 60.8 Å². The Balaban J connectivity index is 1.35. The van der Waals surface area contributed by atoms with Crippen LogP contribution in [0.5, 0.6) is 0 Å². The van der Waals surface area contributed by atoms with Gasteiger partial charge in [-0.2, -0.15) is 0 Å². The minimum absolute atomic E-state index is 0.213. The van der Waals surface area contributed by atoms with Gasteiger partial charge >= 0.3 is 0 Å². The van der Waals surface area contributed by atoms with E-state index in [1.165, 1.54) is 6.42 Å². The van der Waals surface area contributed by atoms with E-state index in [1.807, 2.05) is 24.3 Å². The van der Waals surface area contributed by atoms with Gasteiger partial charge in [0.1, 0.15) is 5.69 Å². The summed E-state index contributed by atoms with van der Waals surface area (Å²) >= 11 is 0. The van der Waals surface area contributed by atoms with Crippen LogP contribution in [0.15, 0.2) is 70.2 Å². The van der Waals surface area contributed by atoms with Crippen LogP contribution >= 0.6 is 0 Å². The SMILES string of the molecule is CC(C)S(=O)(=O)c1ccc(-c2cnc(N)c(-c3cc(-c4ccc(NCC5CCN5)cc4)no3)n2)cc1. The summed E-state index contributed by atoms with van der Waals surface area (Å²) in [6, 6.07) is 16.9. The minimum atomic E-state index is -3.35. The summed E-state index contributed by atoms with van der Waals surface area (Å²) in [5, 5.41) is 10.5. The van der Waals surface area contributed by atoms with Crippen molar-refractivity contribution in [2.75, 3.05) is 24.1 Å². The molecule has 0 spiro atoms. The fourth-order valence-electron chi connectivity index (χ4n) is 3.85. The number of aromatic nitrogens is 3. The summed E-state index contributed by atoms with van der Waals surface area (Å²) in [5.41, 5.74) is 10.3. The van der Waals surface area contributed by atoms with Gasteiger partial charge < -0.3 is 20.9 Å². The molecule has 1 saturated heterocycles. The van der Waals surface area contributed by atoms with Crippen LogP contribution in [-0.2, 0) is 9.84 Å². The fourth-order valence-corrected chi connectivity index (χ4v) is 4.91. The molecule has 0 amide bonds. The number of sulfone groups is 1. The zero-order chi connectivity index (χ0) is 25.3. The molecular weight excluding hydrogens is 476 g/mol. The molecular formula is C26H28N6O3S. The lowest BCUT2D eigenvalue weighted by Crippen LogP contribution is -2.47. The maximum absolute atomic E-state index is 12.4. The molecule has 1 aliphatic rings. The van der Waals surface area contributed by atoms with Crippen LogP contribution in [0.4, 0.5) is 11.5 Å². The van der Waals surface area contributed by atoms with Crippen LogP contribution < -0.4 is 16.4 Å². The summed E-state index contributed by atoms with van der Waals surface area (Å²) in [6.45, 7) is 5.31. The molecule has 2 aromatic heterocycles. The number of anilines is 2. The van der Waals surface area contributed by atoms with Gasteiger partial charge in [0, 0.05) is 35.5 Å². The minimum Gasteiger partial charge on any atom is -0.383 e. The number of hydrogen-bond acceptors (Lipinski definition) is 9. The first-order valence-corrected chi connectivity index (χ1v) is 13.4. The average molecular weight is 505 g/mol. The van der Waals surface area contributed by atoms with Crippen molar-refractivity contribution in [1.82, 2.24) is 20.4 Å². The van der Waals surface area contributed by atoms with Crippen LogP contribution in [0.25, 0.3) is 34.0 Å². The van der Waals surface area contributed by atoms with E-state index >= 15 is 0 Å². The number of nitrogens with zero attached hydrogens (tertiary/aromatic N) is 3. The van der Waals surface area contributed by atoms with Crippen molar-refractivity contribution >= 4 is 21.3 Å². The van der Waals surface area contributed by atoms with Gasteiger partial charge in [-0.25, -0.2) is 18.4 Å². The Hall–Kier alpha value is -3.76. The van der Waals surface area contributed by atoms with E-state index < -0.39 is 15.1 Å². The molecule has 5 rings (SSSR count). The van der Waals surface area contributed by atoms with Crippen LogP contribution in [0.3, 0.4) is 0 Å². The van der Waals surface area contributed by atoms with Gasteiger partial charge in [-0.1, -0.05) is 29.4 Å². The zero-order valence-corrected chi connectivity index (χ0v) is 20.9. The fraction of sp³-hybridized carbons (Fsp3) is 0.269. The van der Waals surface area contributed by atoms with E-state index in [4.69, 9.17) is 10.3 Å². The second-order valence-electron chi connectivity index (χ2n) is 9.08. The Labute approximate surface area is 210 Å². The van der Waals surface area contributed by atoms with E-state index in [9.17, 15) is 8.42 Å². The molecule has 2 aromatic carbocycles. The molecule has 1 fully saturated rings. The smallest absolute Gasteiger partial charge is 0.189 e. The molecule has 9 nitrogen and oxygen atoms in total. The third-order valence-electron chi connectivity index (χ3n) is 6.30. The molecule has 186 valence electrons. The monoisotopic (exact) mass is 504 g/mol. The Morgan fingerprint density at radius 2 is 1.75 bits per heavy atom. The van der Waals surface area contributed by atoms with Crippen molar-refractivity contribution in [2.24, 2.45) is 0 Å². The van der Waals surface area contributed by atoms with Gasteiger partial charge in [0.15, 0.2) is 27.1 Å². The summed E-state index contributed by atoms with van der Waals surface area (Å²) in [7, 11) is -3.35. The number of nitrogens with one attached hydrogen (secondary N) is 2. The molecule has 0 bridgehead atoms. The first kappa shape index (κ1) is 24.0. The van der Waals surface area contributed by atoms with Crippen molar-refractivity contribution in [1.29, 1.82) is 0 Å². The standard InChI is InChI=1S/C26H28N6O3S/c1-16(2)36(33,34)21-9-5-18(6-10-21)23-15-30-26(27)25(31-23)24-13-22(32-35-24)17-3-7-19(8-4-17)29-14-20-11-12-28-20/h3-10,13,15-16,20,28-29H,11-12,14H2,1-2H3,(H2,27,30). The van der Waals surface area contributed by atoms with Crippen LogP contribution in [-0.4, -0.2) is 47.9 Å². The van der Waals surface area contributed by atoms with Crippen LogP contribution in [0, 0.1) is 0 Å². The van der Waals surface area contributed by atoms with Gasteiger partial charge in [-0.3, -0.25) is 0 Å². The second kappa shape index (κ2) is 9.71. The topological polar surface area (TPSA) is 136 Å². The highest BCUT2D eigenvalue weighted by molar-refractivity contribution is 7.92. The number of nitrogen functional groups attached to an aromatic ring is 1. The first-order valence-electron chi connectivity index (χ1n) is 11.8. The van der Waals surface area contributed by atoms with Crippen molar-refractivity contribution < 1.29 is 12.9 Å². The molecule has 10 heteroatoms. The summed E-state index contributed by atoms with van der Waals surface area (Å²) in [4.78, 5) is 9.16. The quantitative estimate of drug-likeness (QED) is 0.325. The Bertz CT molecular complexity index is 1460. The van der Waals surface area contributed by atoms with Gasteiger partial charge in [-0.05, 0) is 51.1 Å². The number of nitrogens with two attached hydrogens (primary N) is 1. The number of benzene rings is 2. The maximum Gasteiger partial charge on any atom is 0.189 e. The molecule has 1 unspecified atom stereocenters. The van der Waals surface area contributed by atoms with Crippen LogP contribution in [0.1, 0.15) is 20.3 Å². The summed E-state index contributed by atoms with van der Waals surface area (Å²) in [5.74, 6) is 0.610. The van der Waals surface area contributed by atoms with E-state index in [0.29, 0.717) is 34.4 Å². The molecule has 1 atom stereocenters. The predicted molar refractivity (Wildman–Crippen MR) is 140 cm³/mol. The third-order valence-corrected chi connectivity index (χ3v) is 8.47. The lowest BCUT2D eigenvalue weighted by Gasteiger charge is -2.28. The van der Waals surface area contributed by atoms with Gasteiger partial charge in [0.05, 0.1) is 22.0 Å². The van der Waals surface area contributed by atoms with E-state index in [0.717, 1.165) is 24.3 Å². The van der Waals surface area contributed by atoms with Crippen molar-refractivity contribution in [2.45, 2.75) is 36.5 Å². The summed E-state index contributed by atoms with van der Waals surface area (Å²) < 4.78 is 30.4. The normalized spacial score (nSPS) is 15.6. The molecule has 36 heavy (non-hydrogen) atoms. The highest BCUT2D eigenvalue weighted by atomic mass is 32.2. The highest BCUT2D eigenvalue weighted by Crippen LogP contribution is 2.30. The molecule has 0 radical (unpaired) electrons. The van der Waals surface area contributed by atoms with Gasteiger partial charge in [-0.15, -0.1) is 0 Å². The Kier molecular flexibility index (Phi) is 6.46. The Morgan fingerprint density at radius 3 is 2.39 bits per heavy atom. The van der Waals surface area contributed by atoms with Crippen molar-refractivity contribution in [3.8, 4) is 34.0 Å². The third kappa shape index (κ3) is 4.82. The molecule has 4 N–H and O–H groups in total. The molecule has 4 aromatic rings. The predicted octanol–water partition coefficient (Wildman–Crippen LogP) is 4.00. The number of hydrogen-bond donors (Lipinski definition) is 3. The van der Waals surface area contributed by atoms with Crippen LogP contribution in [0.2, 0.25) is 0 Å². The van der Waals surface area contributed by atoms with E-state index in [2.05, 4.69) is 25.8 Å². The molecule has 1 aliphatic heterocycles. The summed E-state index contributed by atoms with van der Waals surface area (Å²) in [6.07, 6.45) is 2.75. The largest absolute Gasteiger partial charge is 0.383 e. The molecule has 0 aliphatic carbocycles. The Morgan fingerprint density at radius 1 is 1.08 bits per heavy atom. The zero-order valence-electron chi connectivity index (χ0n) is 20.1. The lowest BCUT2D eigenvalue weighted by atomic mass is 10.1. The lowest BCUT2D eigenvalue weighted by molar-refractivity contribution is 0.387. The van der Waals surface area contributed by atoms with E-state index in [1.54, 1.807) is 50.4 Å². The maximum atomic E-state index is 12.4. The second-order valence-corrected chi connectivity index (χ2v) is 11.6. The molecule has 0 saturated carbocycles.